The van der Waals surface area contributed by atoms with Crippen molar-refractivity contribution in [2.45, 2.75) is 38.3 Å². The smallest absolute Gasteiger partial charge is 0.162 e. The largest absolute Gasteiger partial charge is 0.493 e. The molecule has 1 aliphatic carbocycles. The van der Waals surface area contributed by atoms with Crippen LogP contribution in [-0.4, -0.2) is 47.5 Å². The highest BCUT2D eigenvalue weighted by Gasteiger charge is 2.44. The van der Waals surface area contributed by atoms with E-state index < -0.39 is 5.60 Å². The maximum atomic E-state index is 11.0. The number of hydrogen-bond donors (Lipinski definition) is 1. The Kier molecular flexibility index (Phi) is 4.16. The van der Waals surface area contributed by atoms with Crippen LogP contribution < -0.4 is 4.74 Å². The number of methoxy groups -OCH3 is 1. The quantitative estimate of drug-likeness (QED) is 0.877. The number of nitrogens with zero attached hydrogens (tertiary/aromatic N) is 3. The van der Waals surface area contributed by atoms with E-state index in [1.807, 2.05) is 18.8 Å². The molecule has 1 aromatic rings. The van der Waals surface area contributed by atoms with E-state index in [0.29, 0.717) is 5.75 Å². The van der Waals surface area contributed by atoms with Gasteiger partial charge in [-0.3, -0.25) is 4.68 Å². The Labute approximate surface area is 115 Å². The molecule has 0 saturated heterocycles. The summed E-state index contributed by atoms with van der Waals surface area (Å²) in [6.07, 6.45) is 4.62. The SMILES string of the molecule is COc1cnn(CCN(C)C)c1C1(O)CCCC1C. The van der Waals surface area contributed by atoms with Crippen molar-refractivity contribution < 1.29 is 9.84 Å². The molecule has 2 atom stereocenters. The molecule has 0 aliphatic heterocycles. The van der Waals surface area contributed by atoms with Crippen molar-refractivity contribution in [1.29, 1.82) is 0 Å². The van der Waals surface area contributed by atoms with Crippen LogP contribution in [0.25, 0.3) is 0 Å². The molecule has 1 aliphatic rings. The first-order chi connectivity index (χ1) is 8.99. The Hall–Kier alpha value is -1.07. The van der Waals surface area contributed by atoms with Gasteiger partial charge in [0.05, 0.1) is 19.9 Å². The van der Waals surface area contributed by atoms with Crippen LogP contribution in [0.15, 0.2) is 6.20 Å². The first-order valence-corrected chi connectivity index (χ1v) is 6.96. The van der Waals surface area contributed by atoms with Crippen LogP contribution in [0.3, 0.4) is 0 Å². The van der Waals surface area contributed by atoms with Gasteiger partial charge in [0.1, 0.15) is 11.3 Å². The van der Waals surface area contributed by atoms with Crippen molar-refractivity contribution >= 4 is 0 Å². The Balaban J connectivity index is 2.33. The van der Waals surface area contributed by atoms with Crippen molar-refractivity contribution in [3.63, 3.8) is 0 Å². The third kappa shape index (κ3) is 2.62. The minimum absolute atomic E-state index is 0.246. The zero-order valence-corrected chi connectivity index (χ0v) is 12.4. The molecule has 0 aromatic carbocycles. The van der Waals surface area contributed by atoms with Gasteiger partial charge in [-0.25, -0.2) is 0 Å². The van der Waals surface area contributed by atoms with Gasteiger partial charge in [0.15, 0.2) is 5.75 Å². The number of ether oxygens (including phenoxy) is 1. The monoisotopic (exact) mass is 267 g/mol. The Bertz CT molecular complexity index is 430. The van der Waals surface area contributed by atoms with Crippen LogP contribution in [0.4, 0.5) is 0 Å². The van der Waals surface area contributed by atoms with Crippen molar-refractivity contribution in [2.24, 2.45) is 5.92 Å². The van der Waals surface area contributed by atoms with E-state index in [1.54, 1.807) is 13.3 Å². The average molecular weight is 267 g/mol. The molecular weight excluding hydrogens is 242 g/mol. The lowest BCUT2D eigenvalue weighted by Crippen LogP contribution is -2.33. The number of hydrogen-bond acceptors (Lipinski definition) is 4. The predicted octanol–water partition coefficient (Wildman–Crippen LogP) is 1.46. The van der Waals surface area contributed by atoms with E-state index >= 15 is 0 Å². The molecule has 5 heteroatoms. The van der Waals surface area contributed by atoms with Crippen molar-refractivity contribution in [3.8, 4) is 5.75 Å². The van der Waals surface area contributed by atoms with E-state index in [2.05, 4.69) is 16.9 Å². The van der Waals surface area contributed by atoms with Gasteiger partial charge >= 0.3 is 0 Å². The molecule has 1 fully saturated rings. The molecule has 1 saturated carbocycles. The number of rotatable bonds is 5. The topological polar surface area (TPSA) is 50.5 Å². The second-order valence-corrected chi connectivity index (χ2v) is 5.81. The van der Waals surface area contributed by atoms with Crippen LogP contribution in [0.1, 0.15) is 31.9 Å². The maximum absolute atomic E-state index is 11.0. The van der Waals surface area contributed by atoms with E-state index in [4.69, 9.17) is 4.74 Å². The van der Waals surface area contributed by atoms with Crippen LogP contribution >= 0.6 is 0 Å². The van der Waals surface area contributed by atoms with Crippen LogP contribution in [0.2, 0.25) is 0 Å². The van der Waals surface area contributed by atoms with E-state index in [-0.39, 0.29) is 5.92 Å². The van der Waals surface area contributed by atoms with Gasteiger partial charge in [0.25, 0.3) is 0 Å². The first-order valence-electron chi connectivity index (χ1n) is 6.96. The summed E-state index contributed by atoms with van der Waals surface area (Å²) in [5, 5.41) is 15.4. The predicted molar refractivity (Wildman–Crippen MR) is 74.2 cm³/mol. The maximum Gasteiger partial charge on any atom is 0.162 e. The summed E-state index contributed by atoms with van der Waals surface area (Å²) < 4.78 is 7.31. The molecule has 19 heavy (non-hydrogen) atoms. The highest BCUT2D eigenvalue weighted by Crippen LogP contribution is 2.46. The third-order valence-electron chi connectivity index (χ3n) is 4.21. The second kappa shape index (κ2) is 5.51. The van der Waals surface area contributed by atoms with Crippen molar-refractivity contribution in [1.82, 2.24) is 14.7 Å². The molecular formula is C14H25N3O2. The molecule has 2 rings (SSSR count). The standard InChI is InChI=1S/C14H25N3O2/c1-11-6-5-7-14(11,18)13-12(19-4)10-15-17(13)9-8-16(2)3/h10-11,18H,5-9H2,1-4H3. The van der Waals surface area contributed by atoms with E-state index in [0.717, 1.165) is 38.0 Å². The van der Waals surface area contributed by atoms with Gasteiger partial charge in [-0.15, -0.1) is 0 Å². The lowest BCUT2D eigenvalue weighted by Gasteiger charge is -2.29. The van der Waals surface area contributed by atoms with Gasteiger partial charge in [-0.1, -0.05) is 6.92 Å². The molecule has 1 heterocycles. The summed E-state index contributed by atoms with van der Waals surface area (Å²) >= 11 is 0. The van der Waals surface area contributed by atoms with E-state index in [1.165, 1.54) is 0 Å². The second-order valence-electron chi connectivity index (χ2n) is 5.81. The zero-order chi connectivity index (χ0) is 14.0. The Morgan fingerprint density at radius 3 is 2.84 bits per heavy atom. The van der Waals surface area contributed by atoms with Crippen LogP contribution in [0, 0.1) is 5.92 Å². The lowest BCUT2D eigenvalue weighted by atomic mass is 9.88. The molecule has 0 radical (unpaired) electrons. The van der Waals surface area contributed by atoms with Gasteiger partial charge in [-0.05, 0) is 39.3 Å². The van der Waals surface area contributed by atoms with Crippen molar-refractivity contribution in [2.75, 3.05) is 27.7 Å². The molecule has 1 N–H and O–H groups in total. The minimum atomic E-state index is -0.797. The molecule has 5 nitrogen and oxygen atoms in total. The summed E-state index contributed by atoms with van der Waals surface area (Å²) in [6, 6.07) is 0. The number of aliphatic hydroxyl groups is 1. The number of likely N-dealkylation sites (N-methyl/N-ethyl adjacent to an activating group) is 1. The molecule has 1 aromatic heterocycles. The van der Waals surface area contributed by atoms with Crippen LogP contribution in [-0.2, 0) is 12.1 Å². The summed E-state index contributed by atoms with van der Waals surface area (Å²) in [7, 11) is 5.71. The number of aromatic nitrogens is 2. The van der Waals surface area contributed by atoms with E-state index in [9.17, 15) is 5.11 Å². The lowest BCUT2D eigenvalue weighted by molar-refractivity contribution is -0.00640. The third-order valence-corrected chi connectivity index (χ3v) is 4.21. The highest BCUT2D eigenvalue weighted by molar-refractivity contribution is 5.32. The van der Waals surface area contributed by atoms with Gasteiger partial charge in [0.2, 0.25) is 0 Å². The zero-order valence-electron chi connectivity index (χ0n) is 12.4. The van der Waals surface area contributed by atoms with Gasteiger partial charge in [0, 0.05) is 6.54 Å². The fourth-order valence-corrected chi connectivity index (χ4v) is 2.93. The Morgan fingerprint density at radius 1 is 1.58 bits per heavy atom. The molecule has 0 amide bonds. The minimum Gasteiger partial charge on any atom is -0.493 e. The summed E-state index contributed by atoms with van der Waals surface area (Å²) in [5.74, 6) is 0.950. The first kappa shape index (κ1) is 14.3. The summed E-state index contributed by atoms with van der Waals surface area (Å²) in [4.78, 5) is 2.11. The van der Waals surface area contributed by atoms with Crippen molar-refractivity contribution in [3.05, 3.63) is 11.9 Å². The molecule has 108 valence electrons. The normalized spacial score (nSPS) is 27.2. The molecule has 0 spiro atoms. The average Bonchev–Trinajstić information content (AvgIpc) is 2.92. The highest BCUT2D eigenvalue weighted by atomic mass is 16.5. The van der Waals surface area contributed by atoms with Crippen LogP contribution in [0.5, 0.6) is 5.75 Å². The summed E-state index contributed by atoms with van der Waals surface area (Å²) in [5.41, 5.74) is 0.0515. The fraction of sp³-hybridized carbons (Fsp3) is 0.786. The van der Waals surface area contributed by atoms with Gasteiger partial charge in [-0.2, -0.15) is 5.10 Å². The molecule has 0 bridgehead atoms. The molecule has 2 unspecified atom stereocenters. The Morgan fingerprint density at radius 2 is 2.32 bits per heavy atom. The summed E-state index contributed by atoms with van der Waals surface area (Å²) in [6.45, 7) is 3.76. The fourth-order valence-electron chi connectivity index (χ4n) is 2.93. The van der Waals surface area contributed by atoms with Gasteiger partial charge < -0.3 is 14.7 Å².